The number of ether oxygens (including phenoxy) is 1. The van der Waals surface area contributed by atoms with E-state index in [4.69, 9.17) is 9.15 Å². The van der Waals surface area contributed by atoms with Gasteiger partial charge in [-0.15, -0.1) is 0 Å². The van der Waals surface area contributed by atoms with Crippen LogP contribution < -0.4 is 9.64 Å². The lowest BCUT2D eigenvalue weighted by atomic mass is 10.2. The Labute approximate surface area is 134 Å². The second-order valence-electron chi connectivity index (χ2n) is 5.46. The lowest BCUT2D eigenvalue weighted by Crippen LogP contribution is -2.45. The van der Waals surface area contributed by atoms with Crippen molar-refractivity contribution in [3.8, 4) is 5.75 Å². The summed E-state index contributed by atoms with van der Waals surface area (Å²) in [6, 6.07) is 11.1. The topological polar surface area (TPSA) is 72.0 Å². The van der Waals surface area contributed by atoms with Gasteiger partial charge in [-0.1, -0.05) is 6.07 Å². The predicted molar refractivity (Wildman–Crippen MR) is 85.8 cm³/mol. The summed E-state index contributed by atoms with van der Waals surface area (Å²) in [5.41, 5.74) is 1.15. The lowest BCUT2D eigenvalue weighted by Gasteiger charge is -2.35. The highest BCUT2D eigenvalue weighted by molar-refractivity contribution is 5.51. The summed E-state index contributed by atoms with van der Waals surface area (Å²) in [5, 5.41) is 10.6. The van der Waals surface area contributed by atoms with E-state index < -0.39 is 4.92 Å². The van der Waals surface area contributed by atoms with Crippen LogP contribution in [0.5, 0.6) is 5.75 Å². The molecule has 7 heteroatoms. The fourth-order valence-electron chi connectivity index (χ4n) is 2.74. The molecular weight excluding hydrogens is 298 g/mol. The van der Waals surface area contributed by atoms with Gasteiger partial charge in [0.1, 0.15) is 16.4 Å². The first-order valence-electron chi connectivity index (χ1n) is 7.50. The molecule has 1 aromatic carbocycles. The molecule has 23 heavy (non-hydrogen) atoms. The molecule has 0 radical (unpaired) electrons. The van der Waals surface area contributed by atoms with Crippen LogP contribution in [0.1, 0.15) is 5.76 Å². The van der Waals surface area contributed by atoms with Gasteiger partial charge in [0.05, 0.1) is 19.7 Å². The van der Waals surface area contributed by atoms with Crippen LogP contribution in [-0.2, 0) is 6.54 Å². The van der Waals surface area contributed by atoms with Gasteiger partial charge in [-0.25, -0.2) is 0 Å². The van der Waals surface area contributed by atoms with Crippen molar-refractivity contribution in [3.05, 3.63) is 52.3 Å². The van der Waals surface area contributed by atoms with Crippen molar-refractivity contribution in [2.75, 3.05) is 38.2 Å². The first-order chi connectivity index (χ1) is 11.2. The third-order valence-electron chi connectivity index (χ3n) is 4.00. The Bertz CT molecular complexity index is 677. The number of nitrogens with zero attached hydrogens (tertiary/aromatic N) is 3. The van der Waals surface area contributed by atoms with Gasteiger partial charge in [-0.2, -0.15) is 0 Å². The monoisotopic (exact) mass is 317 g/mol. The van der Waals surface area contributed by atoms with E-state index >= 15 is 0 Å². The lowest BCUT2D eigenvalue weighted by molar-refractivity contribution is -0.402. The van der Waals surface area contributed by atoms with Crippen LogP contribution in [0.4, 0.5) is 11.6 Å². The van der Waals surface area contributed by atoms with Gasteiger partial charge in [-0.05, 0) is 18.2 Å². The quantitative estimate of drug-likeness (QED) is 0.623. The zero-order chi connectivity index (χ0) is 16.2. The molecule has 0 amide bonds. The van der Waals surface area contributed by atoms with Gasteiger partial charge >= 0.3 is 5.88 Å². The van der Waals surface area contributed by atoms with Crippen LogP contribution in [0.15, 0.2) is 40.8 Å². The number of methoxy groups -OCH3 is 1. The van der Waals surface area contributed by atoms with Crippen LogP contribution in [0, 0.1) is 10.1 Å². The SMILES string of the molecule is COc1cccc(N2CCN(Cc3ccc([N+](=O)[O-])o3)CC2)c1. The van der Waals surface area contributed by atoms with Gasteiger partial charge in [0.15, 0.2) is 0 Å². The molecular formula is C16H19N3O4. The van der Waals surface area contributed by atoms with E-state index in [1.54, 1.807) is 13.2 Å². The van der Waals surface area contributed by atoms with Gasteiger partial charge in [-0.3, -0.25) is 15.0 Å². The summed E-state index contributed by atoms with van der Waals surface area (Å²) in [7, 11) is 1.67. The summed E-state index contributed by atoms with van der Waals surface area (Å²) in [6.45, 7) is 4.16. The molecule has 0 unspecified atom stereocenters. The zero-order valence-electron chi connectivity index (χ0n) is 13.0. The highest BCUT2D eigenvalue weighted by Crippen LogP contribution is 2.23. The zero-order valence-corrected chi connectivity index (χ0v) is 13.0. The predicted octanol–water partition coefficient (Wildman–Crippen LogP) is 2.52. The van der Waals surface area contributed by atoms with Crippen molar-refractivity contribution in [1.29, 1.82) is 0 Å². The van der Waals surface area contributed by atoms with E-state index in [1.807, 2.05) is 18.2 Å². The number of hydrogen-bond donors (Lipinski definition) is 0. The van der Waals surface area contributed by atoms with E-state index in [0.29, 0.717) is 12.3 Å². The van der Waals surface area contributed by atoms with E-state index in [1.165, 1.54) is 6.07 Å². The summed E-state index contributed by atoms with van der Waals surface area (Å²) < 4.78 is 10.5. The highest BCUT2D eigenvalue weighted by atomic mass is 16.6. The standard InChI is InChI=1S/C16H19N3O4/c1-22-14-4-2-3-13(11-14)18-9-7-17(8-10-18)12-15-5-6-16(23-15)19(20)21/h2-6,11H,7-10,12H2,1H3. The molecule has 0 N–H and O–H groups in total. The fourth-order valence-corrected chi connectivity index (χ4v) is 2.74. The number of nitro groups is 1. The largest absolute Gasteiger partial charge is 0.497 e. The number of furan rings is 1. The average Bonchev–Trinajstić information content (AvgIpc) is 3.04. The molecule has 7 nitrogen and oxygen atoms in total. The molecule has 1 aliphatic rings. The molecule has 3 rings (SSSR count). The average molecular weight is 317 g/mol. The van der Waals surface area contributed by atoms with Crippen LogP contribution in [0.25, 0.3) is 0 Å². The van der Waals surface area contributed by atoms with Gasteiger partial charge < -0.3 is 14.1 Å². The van der Waals surface area contributed by atoms with Gasteiger partial charge in [0.2, 0.25) is 0 Å². The Hall–Kier alpha value is -2.54. The Morgan fingerprint density at radius 2 is 2.00 bits per heavy atom. The highest BCUT2D eigenvalue weighted by Gasteiger charge is 2.20. The molecule has 1 saturated heterocycles. The minimum Gasteiger partial charge on any atom is -0.497 e. The van der Waals surface area contributed by atoms with E-state index in [0.717, 1.165) is 37.6 Å². The van der Waals surface area contributed by atoms with Crippen molar-refractivity contribution in [2.24, 2.45) is 0 Å². The van der Waals surface area contributed by atoms with E-state index in [-0.39, 0.29) is 5.88 Å². The van der Waals surface area contributed by atoms with Crippen LogP contribution in [-0.4, -0.2) is 43.1 Å². The van der Waals surface area contributed by atoms with Crippen molar-refractivity contribution in [1.82, 2.24) is 4.90 Å². The summed E-state index contributed by atoms with van der Waals surface area (Å²) in [5.74, 6) is 1.29. The molecule has 0 spiro atoms. The maximum Gasteiger partial charge on any atom is 0.433 e. The molecule has 0 atom stereocenters. The second kappa shape index (κ2) is 6.70. The molecule has 2 heterocycles. The fraction of sp³-hybridized carbons (Fsp3) is 0.375. The van der Waals surface area contributed by atoms with E-state index in [2.05, 4.69) is 15.9 Å². The number of anilines is 1. The molecule has 0 saturated carbocycles. The summed E-state index contributed by atoms with van der Waals surface area (Å²) in [6.07, 6.45) is 0. The molecule has 0 aliphatic carbocycles. The van der Waals surface area contributed by atoms with Crippen LogP contribution in [0.3, 0.4) is 0 Å². The van der Waals surface area contributed by atoms with Crippen molar-refractivity contribution >= 4 is 11.6 Å². The molecule has 122 valence electrons. The van der Waals surface area contributed by atoms with Crippen LogP contribution in [0.2, 0.25) is 0 Å². The Balaban J connectivity index is 1.56. The maximum absolute atomic E-state index is 10.6. The summed E-state index contributed by atoms with van der Waals surface area (Å²) >= 11 is 0. The minimum atomic E-state index is -0.510. The smallest absolute Gasteiger partial charge is 0.433 e. The Kier molecular flexibility index (Phi) is 4.47. The molecule has 1 aromatic heterocycles. The molecule has 1 aliphatic heterocycles. The summed E-state index contributed by atoms with van der Waals surface area (Å²) in [4.78, 5) is 14.7. The van der Waals surface area contributed by atoms with Gasteiger partial charge in [0.25, 0.3) is 0 Å². The second-order valence-corrected chi connectivity index (χ2v) is 5.46. The number of piperazine rings is 1. The van der Waals surface area contributed by atoms with Crippen LogP contribution >= 0.6 is 0 Å². The number of rotatable bonds is 5. The third kappa shape index (κ3) is 3.62. The van der Waals surface area contributed by atoms with E-state index in [9.17, 15) is 10.1 Å². The van der Waals surface area contributed by atoms with Crippen molar-refractivity contribution < 1.29 is 14.1 Å². The third-order valence-corrected chi connectivity index (χ3v) is 4.00. The number of benzene rings is 1. The Morgan fingerprint density at radius 1 is 1.22 bits per heavy atom. The normalized spacial score (nSPS) is 15.6. The molecule has 2 aromatic rings. The van der Waals surface area contributed by atoms with Gasteiger partial charge in [0, 0.05) is 37.9 Å². The molecule has 0 bridgehead atoms. The molecule has 1 fully saturated rings. The Morgan fingerprint density at radius 3 is 2.65 bits per heavy atom. The van der Waals surface area contributed by atoms with Crippen molar-refractivity contribution in [3.63, 3.8) is 0 Å². The minimum absolute atomic E-state index is 0.199. The maximum atomic E-state index is 10.6. The first-order valence-corrected chi connectivity index (χ1v) is 7.50. The first kappa shape index (κ1) is 15.4. The number of hydrogen-bond acceptors (Lipinski definition) is 6. The van der Waals surface area contributed by atoms with Crippen molar-refractivity contribution in [2.45, 2.75) is 6.54 Å².